The van der Waals surface area contributed by atoms with Crippen LogP contribution in [0, 0.1) is 0 Å². The zero-order valence-electron chi connectivity index (χ0n) is 9.53. The van der Waals surface area contributed by atoms with Crippen LogP contribution in [0.4, 0.5) is 5.82 Å². The third kappa shape index (κ3) is 2.32. The number of carbonyl (C=O) groups is 1. The van der Waals surface area contributed by atoms with Crippen LogP contribution >= 0.6 is 0 Å². The van der Waals surface area contributed by atoms with Crippen LogP contribution in [0.2, 0.25) is 0 Å². The minimum Gasteiger partial charge on any atom is -0.480 e. The van der Waals surface area contributed by atoms with Gasteiger partial charge in [0.2, 0.25) is 0 Å². The van der Waals surface area contributed by atoms with E-state index in [1.165, 1.54) is 12.8 Å². The summed E-state index contributed by atoms with van der Waals surface area (Å²) in [4.78, 5) is 15.4. The molecular formula is C12H16N2O2. The Bertz CT molecular complexity index is 411. The smallest absolute Gasteiger partial charge is 0.328 e. The molecule has 16 heavy (non-hydrogen) atoms. The first-order valence-corrected chi connectivity index (χ1v) is 5.47. The van der Waals surface area contributed by atoms with Crippen molar-refractivity contribution in [3.05, 3.63) is 23.9 Å². The number of carboxylic acid groups (broad SMARTS) is 1. The third-order valence-electron chi connectivity index (χ3n) is 2.74. The van der Waals surface area contributed by atoms with Gasteiger partial charge in [0.1, 0.15) is 11.4 Å². The topological polar surface area (TPSA) is 62.2 Å². The summed E-state index contributed by atoms with van der Waals surface area (Å²) in [6.07, 6.45) is 2.39. The maximum absolute atomic E-state index is 11.0. The van der Waals surface area contributed by atoms with Gasteiger partial charge in [-0.1, -0.05) is 6.07 Å². The van der Waals surface area contributed by atoms with Crippen molar-refractivity contribution in [1.29, 1.82) is 0 Å². The fraction of sp³-hybridized carbons (Fsp3) is 0.500. The fourth-order valence-corrected chi connectivity index (χ4v) is 1.50. The summed E-state index contributed by atoms with van der Waals surface area (Å²) >= 11 is 0. The number of rotatable bonds is 4. The van der Waals surface area contributed by atoms with Crippen molar-refractivity contribution in [3.63, 3.8) is 0 Å². The Morgan fingerprint density at radius 2 is 2.19 bits per heavy atom. The van der Waals surface area contributed by atoms with Crippen LogP contribution in [0.25, 0.3) is 0 Å². The normalized spacial score (nSPS) is 15.9. The molecule has 1 aromatic heterocycles. The fourth-order valence-electron chi connectivity index (χ4n) is 1.50. The van der Waals surface area contributed by atoms with Crippen molar-refractivity contribution in [2.45, 2.75) is 38.1 Å². The predicted octanol–water partition coefficient (Wildman–Crippen LogP) is 2.23. The molecule has 0 radical (unpaired) electrons. The summed E-state index contributed by atoms with van der Waals surface area (Å²) in [5.41, 5.74) is 0.0704. The lowest BCUT2D eigenvalue weighted by atomic mass is 10.1. The molecule has 86 valence electrons. The minimum absolute atomic E-state index is 0.578. The van der Waals surface area contributed by atoms with Gasteiger partial charge >= 0.3 is 5.97 Å². The van der Waals surface area contributed by atoms with E-state index in [0.717, 1.165) is 5.69 Å². The van der Waals surface area contributed by atoms with Crippen LogP contribution < -0.4 is 5.32 Å². The molecule has 0 bridgehead atoms. The SMILES string of the molecule is CC(C)(Nc1cccc(C2CC2)n1)C(=O)O. The van der Waals surface area contributed by atoms with E-state index in [2.05, 4.69) is 10.3 Å². The van der Waals surface area contributed by atoms with Crippen molar-refractivity contribution >= 4 is 11.8 Å². The Morgan fingerprint density at radius 3 is 2.75 bits per heavy atom. The van der Waals surface area contributed by atoms with Crippen LogP contribution in [0.5, 0.6) is 0 Å². The van der Waals surface area contributed by atoms with Gasteiger partial charge in [0.15, 0.2) is 0 Å². The molecule has 1 aromatic rings. The summed E-state index contributed by atoms with van der Waals surface area (Å²) in [6, 6.07) is 5.72. The van der Waals surface area contributed by atoms with E-state index in [4.69, 9.17) is 5.11 Å². The predicted molar refractivity (Wildman–Crippen MR) is 61.5 cm³/mol. The lowest BCUT2D eigenvalue weighted by molar-refractivity contribution is -0.141. The molecule has 0 unspecified atom stereocenters. The Balaban J connectivity index is 2.14. The quantitative estimate of drug-likeness (QED) is 0.816. The number of hydrogen-bond donors (Lipinski definition) is 2. The number of carboxylic acids is 1. The van der Waals surface area contributed by atoms with Crippen LogP contribution in [0.3, 0.4) is 0 Å². The van der Waals surface area contributed by atoms with Crippen LogP contribution in [-0.2, 0) is 4.79 Å². The molecule has 2 rings (SSSR count). The summed E-state index contributed by atoms with van der Waals surface area (Å²) in [7, 11) is 0. The minimum atomic E-state index is -0.991. The van der Waals surface area contributed by atoms with E-state index in [0.29, 0.717) is 11.7 Å². The van der Waals surface area contributed by atoms with E-state index in [1.54, 1.807) is 19.9 Å². The highest BCUT2D eigenvalue weighted by atomic mass is 16.4. The number of aliphatic carboxylic acids is 1. The van der Waals surface area contributed by atoms with Crippen LogP contribution in [0.1, 0.15) is 38.3 Å². The molecule has 0 atom stereocenters. The molecule has 2 N–H and O–H groups in total. The van der Waals surface area contributed by atoms with Crippen molar-refractivity contribution in [2.24, 2.45) is 0 Å². The molecule has 4 heteroatoms. The number of aromatic nitrogens is 1. The molecule has 0 saturated heterocycles. The third-order valence-corrected chi connectivity index (χ3v) is 2.74. The van der Waals surface area contributed by atoms with E-state index in [-0.39, 0.29) is 0 Å². The highest BCUT2D eigenvalue weighted by molar-refractivity contribution is 5.81. The van der Waals surface area contributed by atoms with Gasteiger partial charge in [-0.15, -0.1) is 0 Å². The van der Waals surface area contributed by atoms with E-state index < -0.39 is 11.5 Å². The number of nitrogens with one attached hydrogen (secondary N) is 1. The Labute approximate surface area is 94.7 Å². The molecule has 1 aliphatic rings. The van der Waals surface area contributed by atoms with E-state index >= 15 is 0 Å². The molecule has 4 nitrogen and oxygen atoms in total. The molecule has 0 aromatic carbocycles. The summed E-state index contributed by atoms with van der Waals surface area (Å²) in [5.74, 6) is 0.331. The Kier molecular flexibility index (Phi) is 2.58. The summed E-state index contributed by atoms with van der Waals surface area (Å²) < 4.78 is 0. The van der Waals surface area contributed by atoms with Gasteiger partial charge in [-0.2, -0.15) is 0 Å². The second kappa shape index (κ2) is 3.77. The Hall–Kier alpha value is -1.58. The average molecular weight is 220 g/mol. The van der Waals surface area contributed by atoms with Crippen molar-refractivity contribution in [3.8, 4) is 0 Å². The molecule has 1 saturated carbocycles. The molecule has 0 spiro atoms. The number of pyridine rings is 1. The average Bonchev–Trinajstić information content (AvgIpc) is 3.00. The zero-order valence-corrected chi connectivity index (χ0v) is 9.53. The molecule has 1 aliphatic carbocycles. The lowest BCUT2D eigenvalue weighted by Crippen LogP contribution is -2.40. The van der Waals surface area contributed by atoms with Crippen LogP contribution in [0.15, 0.2) is 18.2 Å². The van der Waals surface area contributed by atoms with Gasteiger partial charge in [-0.25, -0.2) is 9.78 Å². The van der Waals surface area contributed by atoms with Gasteiger partial charge in [-0.3, -0.25) is 0 Å². The molecule has 1 fully saturated rings. The first kappa shape index (κ1) is 10.9. The van der Waals surface area contributed by atoms with E-state index in [1.807, 2.05) is 12.1 Å². The van der Waals surface area contributed by atoms with Gasteiger partial charge in [0.05, 0.1) is 0 Å². The first-order valence-electron chi connectivity index (χ1n) is 5.47. The maximum Gasteiger partial charge on any atom is 0.328 e. The number of anilines is 1. The number of hydrogen-bond acceptors (Lipinski definition) is 3. The van der Waals surface area contributed by atoms with Crippen LogP contribution in [-0.4, -0.2) is 21.6 Å². The molecule has 0 amide bonds. The molecule has 1 heterocycles. The monoisotopic (exact) mass is 220 g/mol. The maximum atomic E-state index is 11.0. The molecule has 0 aliphatic heterocycles. The number of nitrogens with zero attached hydrogens (tertiary/aromatic N) is 1. The van der Waals surface area contributed by atoms with Crippen molar-refractivity contribution < 1.29 is 9.90 Å². The van der Waals surface area contributed by atoms with E-state index in [9.17, 15) is 4.79 Å². The Morgan fingerprint density at radius 1 is 1.50 bits per heavy atom. The summed E-state index contributed by atoms with van der Waals surface area (Å²) in [6.45, 7) is 3.25. The highest BCUT2D eigenvalue weighted by Gasteiger charge is 2.28. The zero-order chi connectivity index (χ0) is 11.8. The summed E-state index contributed by atoms with van der Waals surface area (Å²) in [5, 5.41) is 11.9. The highest BCUT2D eigenvalue weighted by Crippen LogP contribution is 2.39. The van der Waals surface area contributed by atoms with Gasteiger partial charge in [0, 0.05) is 11.6 Å². The second-order valence-corrected chi connectivity index (χ2v) is 4.78. The molecular weight excluding hydrogens is 204 g/mol. The van der Waals surface area contributed by atoms with Gasteiger partial charge in [0.25, 0.3) is 0 Å². The first-order chi connectivity index (χ1) is 7.49. The van der Waals surface area contributed by atoms with Crippen molar-refractivity contribution in [2.75, 3.05) is 5.32 Å². The second-order valence-electron chi connectivity index (χ2n) is 4.78. The van der Waals surface area contributed by atoms with Crippen molar-refractivity contribution in [1.82, 2.24) is 4.98 Å². The largest absolute Gasteiger partial charge is 0.480 e. The van der Waals surface area contributed by atoms with Gasteiger partial charge in [-0.05, 0) is 38.8 Å². The van der Waals surface area contributed by atoms with Gasteiger partial charge < -0.3 is 10.4 Å². The lowest BCUT2D eigenvalue weighted by Gasteiger charge is -2.21. The standard InChI is InChI=1S/C12H16N2O2/c1-12(2,11(15)16)14-10-5-3-4-9(13-10)8-6-7-8/h3-5,8H,6-7H2,1-2H3,(H,13,14)(H,15,16).